The summed E-state index contributed by atoms with van der Waals surface area (Å²) >= 11 is 0. The van der Waals surface area contributed by atoms with Gasteiger partial charge in [0.25, 0.3) is 0 Å². The van der Waals surface area contributed by atoms with Gasteiger partial charge in [-0.05, 0) is 72.5 Å². The van der Waals surface area contributed by atoms with Gasteiger partial charge in [0.2, 0.25) is 0 Å². The van der Waals surface area contributed by atoms with E-state index < -0.39 is 39.7 Å². The van der Waals surface area contributed by atoms with E-state index in [-0.39, 0.29) is 0 Å². The molecule has 4 nitrogen and oxygen atoms in total. The van der Waals surface area contributed by atoms with E-state index in [4.69, 9.17) is 0 Å². The van der Waals surface area contributed by atoms with Crippen LogP contribution >= 0.6 is 15.8 Å². The van der Waals surface area contributed by atoms with E-state index >= 15 is 9.59 Å². The summed E-state index contributed by atoms with van der Waals surface area (Å²) in [5.41, 5.74) is 3.26. The van der Waals surface area contributed by atoms with Crippen molar-refractivity contribution in [2.24, 2.45) is 0 Å². The second kappa shape index (κ2) is 20.0. The summed E-state index contributed by atoms with van der Waals surface area (Å²) in [5, 5.41) is 4.82. The monoisotopic (exact) mass is 816 g/mol. The molecule has 0 fully saturated rings. The van der Waals surface area contributed by atoms with Crippen LogP contribution in [0.2, 0.25) is 0 Å². The van der Waals surface area contributed by atoms with Crippen molar-refractivity contribution in [1.82, 2.24) is 0 Å². The fraction of sp³-hybridized carbons (Fsp3) is 0.0741. The lowest BCUT2D eigenvalue weighted by molar-refractivity contribution is -0.136. The number of carbonyl (C=O) groups is 2. The van der Waals surface area contributed by atoms with Crippen LogP contribution in [0.15, 0.2) is 243 Å². The Bertz CT molecular complexity index is 2270. The maximum absolute atomic E-state index is 15.8. The maximum Gasteiger partial charge on any atom is 0.317 e. The van der Waals surface area contributed by atoms with E-state index in [2.05, 4.69) is 121 Å². The zero-order valence-electron chi connectivity index (χ0n) is 33.3. The SMILES string of the molecule is O=C(C(=O)N(c1ccccc1)C(CP(c1ccccc1)c1ccccc1)c1ccccc1)N(c1ccccc1)C(CP(c1ccccc1)c1ccccc1)c1ccccc1. The number of benzene rings is 8. The van der Waals surface area contributed by atoms with Crippen molar-refractivity contribution in [3.8, 4) is 0 Å². The van der Waals surface area contributed by atoms with Gasteiger partial charge in [-0.15, -0.1) is 0 Å². The summed E-state index contributed by atoms with van der Waals surface area (Å²) < 4.78 is 0. The molecule has 0 N–H and O–H groups in total. The lowest BCUT2D eigenvalue weighted by atomic mass is 10.0. The minimum atomic E-state index is -0.968. The first-order chi connectivity index (χ1) is 29.7. The largest absolute Gasteiger partial charge is 0.317 e. The first-order valence-corrected chi connectivity index (χ1v) is 23.3. The van der Waals surface area contributed by atoms with E-state index in [1.807, 2.05) is 121 Å². The Morgan fingerprint density at radius 3 is 0.783 bits per heavy atom. The highest BCUT2D eigenvalue weighted by Crippen LogP contribution is 2.44. The van der Waals surface area contributed by atoms with Crippen molar-refractivity contribution >= 4 is 60.3 Å². The molecule has 2 atom stereocenters. The van der Waals surface area contributed by atoms with Crippen molar-refractivity contribution in [3.05, 3.63) is 254 Å². The number of anilines is 2. The van der Waals surface area contributed by atoms with Crippen LogP contribution in [0.4, 0.5) is 11.4 Å². The number of hydrogen-bond donors (Lipinski definition) is 0. The smallest absolute Gasteiger partial charge is 0.296 e. The molecule has 8 rings (SSSR count). The van der Waals surface area contributed by atoms with Gasteiger partial charge in [0, 0.05) is 23.7 Å². The van der Waals surface area contributed by atoms with E-state index in [1.54, 1.807) is 9.80 Å². The second-order valence-corrected chi connectivity index (χ2v) is 18.9. The van der Waals surface area contributed by atoms with Gasteiger partial charge < -0.3 is 0 Å². The standard InChI is InChI=1S/C54H46N2O2P2/c57-53(55(45-29-13-3-14-30-45)51(43-25-9-1-10-26-43)41-59(47-33-17-5-18-34-47)48-35-19-6-20-36-48)54(58)56(46-31-15-4-16-32-46)52(44-27-11-2-12-28-44)42-60(49-37-21-7-22-38-49)50-39-23-8-24-40-50/h1-40,51-52H,41-42H2. The molecular formula is C54H46N2O2P2. The molecule has 0 heterocycles. The first kappa shape index (κ1) is 40.3. The molecule has 0 aliphatic rings. The molecule has 0 spiro atoms. The average molecular weight is 817 g/mol. The molecule has 0 saturated heterocycles. The Morgan fingerprint density at radius 2 is 0.533 bits per heavy atom. The second-order valence-electron chi connectivity index (χ2n) is 14.4. The Hall–Kier alpha value is -6.44. The minimum Gasteiger partial charge on any atom is -0.296 e. The predicted molar refractivity (Wildman–Crippen MR) is 254 cm³/mol. The molecule has 0 radical (unpaired) electrons. The molecule has 0 aliphatic carbocycles. The summed E-state index contributed by atoms with van der Waals surface area (Å²) in [4.78, 5) is 35.2. The third kappa shape index (κ3) is 9.54. The van der Waals surface area contributed by atoms with E-state index in [9.17, 15) is 0 Å². The van der Waals surface area contributed by atoms with Gasteiger partial charge in [-0.25, -0.2) is 0 Å². The first-order valence-electron chi connectivity index (χ1n) is 20.3. The molecule has 0 aromatic heterocycles. The fourth-order valence-electron chi connectivity index (χ4n) is 7.78. The predicted octanol–water partition coefficient (Wildman–Crippen LogP) is 10.8. The van der Waals surface area contributed by atoms with Crippen LogP contribution in [0.25, 0.3) is 0 Å². The quantitative estimate of drug-likeness (QED) is 0.0810. The van der Waals surface area contributed by atoms with Gasteiger partial charge in [0.1, 0.15) is 0 Å². The van der Waals surface area contributed by atoms with Gasteiger partial charge in [-0.3, -0.25) is 19.4 Å². The van der Waals surface area contributed by atoms with Crippen LogP contribution < -0.4 is 31.0 Å². The van der Waals surface area contributed by atoms with Crippen LogP contribution in [-0.2, 0) is 9.59 Å². The van der Waals surface area contributed by atoms with Crippen LogP contribution in [0.1, 0.15) is 23.2 Å². The third-order valence-corrected chi connectivity index (χ3v) is 15.8. The minimum absolute atomic E-state index is 0.477. The number of hydrogen-bond acceptors (Lipinski definition) is 2. The number of para-hydroxylation sites is 2. The molecule has 0 saturated carbocycles. The number of amides is 2. The molecule has 0 aliphatic heterocycles. The van der Waals surface area contributed by atoms with Gasteiger partial charge >= 0.3 is 11.8 Å². The summed E-state index contributed by atoms with van der Waals surface area (Å²) in [6.07, 6.45) is 1.20. The number of nitrogens with zero attached hydrogens (tertiary/aromatic N) is 2. The molecule has 60 heavy (non-hydrogen) atoms. The van der Waals surface area contributed by atoms with Crippen LogP contribution in [-0.4, -0.2) is 24.1 Å². The highest BCUT2D eigenvalue weighted by atomic mass is 31.1. The van der Waals surface area contributed by atoms with Crippen LogP contribution in [0.3, 0.4) is 0 Å². The van der Waals surface area contributed by atoms with E-state index in [1.165, 1.54) is 21.2 Å². The normalized spacial score (nSPS) is 12.1. The molecule has 6 heteroatoms. The lowest BCUT2D eigenvalue weighted by Crippen LogP contribution is -2.50. The molecule has 2 unspecified atom stereocenters. The topological polar surface area (TPSA) is 40.6 Å². The van der Waals surface area contributed by atoms with Gasteiger partial charge in [-0.1, -0.05) is 218 Å². The average Bonchev–Trinajstić information content (AvgIpc) is 3.33. The summed E-state index contributed by atoms with van der Waals surface area (Å²) in [5.74, 6) is -1.17. The van der Waals surface area contributed by atoms with Crippen molar-refractivity contribution in [1.29, 1.82) is 0 Å². The van der Waals surface area contributed by atoms with Gasteiger partial charge in [0.05, 0.1) is 12.1 Å². The van der Waals surface area contributed by atoms with E-state index in [0.717, 1.165) is 11.1 Å². The zero-order valence-corrected chi connectivity index (χ0v) is 35.1. The Balaban J connectivity index is 1.28. The zero-order chi connectivity index (χ0) is 40.9. The third-order valence-electron chi connectivity index (χ3n) is 10.7. The van der Waals surface area contributed by atoms with E-state index in [0.29, 0.717) is 23.7 Å². The van der Waals surface area contributed by atoms with Crippen molar-refractivity contribution < 1.29 is 9.59 Å². The Labute approximate surface area is 356 Å². The van der Waals surface area contributed by atoms with Crippen molar-refractivity contribution in [2.75, 3.05) is 22.1 Å². The van der Waals surface area contributed by atoms with Crippen molar-refractivity contribution in [3.63, 3.8) is 0 Å². The van der Waals surface area contributed by atoms with Crippen LogP contribution in [0.5, 0.6) is 0 Å². The Kier molecular flexibility index (Phi) is 13.5. The fourth-order valence-corrected chi connectivity index (χ4v) is 12.8. The summed E-state index contributed by atoms with van der Waals surface area (Å²) in [6, 6.07) is 81.1. The summed E-state index contributed by atoms with van der Waals surface area (Å²) in [6.45, 7) is 0. The number of carbonyl (C=O) groups excluding carboxylic acids is 2. The molecule has 2 amide bonds. The van der Waals surface area contributed by atoms with Crippen LogP contribution in [0, 0.1) is 0 Å². The summed E-state index contributed by atoms with van der Waals surface area (Å²) in [7, 11) is -1.94. The Morgan fingerprint density at radius 1 is 0.317 bits per heavy atom. The lowest BCUT2D eigenvalue weighted by Gasteiger charge is -2.38. The van der Waals surface area contributed by atoms with Gasteiger partial charge in [-0.2, -0.15) is 0 Å². The van der Waals surface area contributed by atoms with Gasteiger partial charge in [0.15, 0.2) is 0 Å². The highest BCUT2D eigenvalue weighted by molar-refractivity contribution is 7.73. The molecule has 8 aromatic rings. The molecule has 294 valence electrons. The number of rotatable bonds is 14. The van der Waals surface area contributed by atoms with Crippen molar-refractivity contribution in [2.45, 2.75) is 12.1 Å². The highest BCUT2D eigenvalue weighted by Gasteiger charge is 2.39. The molecule has 8 aromatic carbocycles. The maximum atomic E-state index is 15.8. The molecular weight excluding hydrogens is 771 g/mol. The molecule has 0 bridgehead atoms.